The molecule has 0 saturated carbocycles. The summed E-state index contributed by atoms with van der Waals surface area (Å²) in [6.07, 6.45) is 0.0936. The molecule has 1 heterocycles. The van der Waals surface area contributed by atoms with Gasteiger partial charge in [0.15, 0.2) is 6.79 Å². The van der Waals surface area contributed by atoms with E-state index in [-0.39, 0.29) is 6.10 Å². The van der Waals surface area contributed by atoms with Crippen LogP contribution in [-0.4, -0.2) is 12.9 Å². The minimum absolute atomic E-state index is 0.0936. The van der Waals surface area contributed by atoms with Crippen molar-refractivity contribution >= 4 is 18.5 Å². The highest BCUT2D eigenvalue weighted by atomic mass is 32.5. The summed E-state index contributed by atoms with van der Waals surface area (Å²) in [5.74, 6) is 0. The van der Waals surface area contributed by atoms with Crippen molar-refractivity contribution in [1.82, 2.24) is 0 Å². The molecule has 1 aliphatic heterocycles. The molecule has 0 aromatic carbocycles. The van der Waals surface area contributed by atoms with E-state index in [4.69, 9.17) is 25.4 Å². The maximum absolute atomic E-state index is 5.16. The third-order valence-corrected chi connectivity index (χ3v) is 3.18. The van der Waals surface area contributed by atoms with Gasteiger partial charge in [0.05, 0.1) is 6.10 Å². The van der Waals surface area contributed by atoms with Gasteiger partial charge in [-0.2, -0.15) is 0 Å². The minimum atomic E-state index is -2.22. The van der Waals surface area contributed by atoms with E-state index in [9.17, 15) is 0 Å². The van der Waals surface area contributed by atoms with Gasteiger partial charge in [0, 0.05) is 0 Å². The largest absolute Gasteiger partial charge is 0.331 e. The predicted octanol–water partition coefficient (Wildman–Crippen LogP) is 1.64. The summed E-state index contributed by atoms with van der Waals surface area (Å²) in [6.45, 7) is 1.88. The van der Waals surface area contributed by atoms with E-state index in [2.05, 4.69) is 0 Å². The van der Waals surface area contributed by atoms with E-state index in [1.165, 1.54) is 0 Å². The van der Waals surface area contributed by atoms with E-state index in [0.717, 1.165) is 0 Å². The van der Waals surface area contributed by atoms with Crippen LogP contribution in [-0.2, 0) is 25.4 Å². The SMILES string of the molecule is CC(C)OP1(=S)OCO1. The summed E-state index contributed by atoms with van der Waals surface area (Å²) in [5.41, 5.74) is 0. The van der Waals surface area contributed by atoms with Crippen molar-refractivity contribution in [1.29, 1.82) is 0 Å². The van der Waals surface area contributed by atoms with Crippen molar-refractivity contribution in [3.8, 4) is 0 Å². The molecule has 0 atom stereocenters. The molecule has 0 aliphatic carbocycles. The Balaban J connectivity index is 2.34. The van der Waals surface area contributed by atoms with E-state index < -0.39 is 6.72 Å². The summed E-state index contributed by atoms with van der Waals surface area (Å²) in [5, 5.41) is 0. The molecule has 0 N–H and O–H groups in total. The van der Waals surface area contributed by atoms with Crippen LogP contribution in [0.3, 0.4) is 0 Å². The van der Waals surface area contributed by atoms with Gasteiger partial charge in [-0.05, 0) is 25.7 Å². The third-order valence-electron chi connectivity index (χ3n) is 0.762. The highest BCUT2D eigenvalue weighted by Crippen LogP contribution is 2.57. The zero-order valence-corrected chi connectivity index (χ0v) is 7.08. The van der Waals surface area contributed by atoms with Crippen LogP contribution in [0.4, 0.5) is 0 Å². The van der Waals surface area contributed by atoms with Gasteiger partial charge in [-0.25, -0.2) is 0 Å². The lowest BCUT2D eigenvalue weighted by atomic mass is 10.5. The average Bonchev–Trinajstić information content (AvgIpc) is 1.60. The van der Waals surface area contributed by atoms with Crippen molar-refractivity contribution in [2.45, 2.75) is 20.0 Å². The normalized spacial score (nSPS) is 23.9. The second-order valence-electron chi connectivity index (χ2n) is 1.98. The summed E-state index contributed by atoms with van der Waals surface area (Å²) < 4.78 is 15.0. The zero-order chi connectivity index (χ0) is 6.91. The molecule has 1 saturated heterocycles. The third kappa shape index (κ3) is 1.99. The summed E-state index contributed by atoms with van der Waals surface area (Å²) in [6, 6.07) is 0. The lowest BCUT2D eigenvalue weighted by molar-refractivity contribution is -0.0196. The predicted molar refractivity (Wildman–Crippen MR) is 37.5 cm³/mol. The molecule has 0 aromatic heterocycles. The highest BCUT2D eigenvalue weighted by Gasteiger charge is 2.30. The standard InChI is InChI=1S/C4H9O3PS/c1-4(2)7-8(9)5-3-6-8/h4H,3H2,1-2H3. The molecular weight excluding hydrogens is 159 g/mol. The molecule has 0 unspecified atom stereocenters. The van der Waals surface area contributed by atoms with Crippen LogP contribution < -0.4 is 0 Å². The lowest BCUT2D eigenvalue weighted by Crippen LogP contribution is -2.15. The molecule has 5 heteroatoms. The van der Waals surface area contributed by atoms with E-state index >= 15 is 0 Å². The van der Waals surface area contributed by atoms with Crippen molar-refractivity contribution in [2.75, 3.05) is 6.79 Å². The Bertz CT molecular complexity index is 139. The lowest BCUT2D eigenvalue weighted by Gasteiger charge is -2.30. The summed E-state index contributed by atoms with van der Waals surface area (Å²) >= 11 is 4.85. The highest BCUT2D eigenvalue weighted by molar-refractivity contribution is 8.08. The quantitative estimate of drug-likeness (QED) is 0.586. The minimum Gasteiger partial charge on any atom is -0.306 e. The molecule has 0 radical (unpaired) electrons. The van der Waals surface area contributed by atoms with Gasteiger partial charge in [0.2, 0.25) is 0 Å². The van der Waals surface area contributed by atoms with Crippen LogP contribution in [0, 0.1) is 0 Å². The van der Waals surface area contributed by atoms with E-state index in [1.54, 1.807) is 0 Å². The van der Waals surface area contributed by atoms with Gasteiger partial charge in [-0.15, -0.1) is 0 Å². The van der Waals surface area contributed by atoms with E-state index in [0.29, 0.717) is 6.79 Å². The van der Waals surface area contributed by atoms with Crippen LogP contribution in [0.5, 0.6) is 0 Å². The van der Waals surface area contributed by atoms with E-state index in [1.807, 2.05) is 13.8 Å². The molecule has 1 aliphatic rings. The Kier molecular flexibility index (Phi) is 2.24. The summed E-state index contributed by atoms with van der Waals surface area (Å²) in [4.78, 5) is 0. The van der Waals surface area contributed by atoms with Crippen LogP contribution in [0.1, 0.15) is 13.8 Å². The van der Waals surface area contributed by atoms with Crippen molar-refractivity contribution < 1.29 is 13.6 Å². The Morgan fingerprint density at radius 3 is 2.22 bits per heavy atom. The molecule has 0 bridgehead atoms. The first-order valence-electron chi connectivity index (χ1n) is 2.70. The van der Waals surface area contributed by atoms with Crippen LogP contribution in [0.2, 0.25) is 0 Å². The number of hydrogen-bond donors (Lipinski definition) is 0. The smallest absolute Gasteiger partial charge is 0.306 e. The second kappa shape index (κ2) is 2.64. The Labute approximate surface area is 59.5 Å². The molecule has 9 heavy (non-hydrogen) atoms. The van der Waals surface area contributed by atoms with Crippen molar-refractivity contribution in [3.63, 3.8) is 0 Å². The molecule has 0 spiro atoms. The first kappa shape index (κ1) is 7.63. The zero-order valence-electron chi connectivity index (χ0n) is 5.36. The van der Waals surface area contributed by atoms with Crippen molar-refractivity contribution in [3.05, 3.63) is 0 Å². The fraction of sp³-hybridized carbons (Fsp3) is 1.00. The van der Waals surface area contributed by atoms with Crippen LogP contribution in [0.25, 0.3) is 0 Å². The van der Waals surface area contributed by atoms with Crippen LogP contribution >= 0.6 is 6.72 Å². The second-order valence-corrected chi connectivity index (χ2v) is 4.94. The van der Waals surface area contributed by atoms with Gasteiger partial charge in [0.1, 0.15) is 0 Å². The Morgan fingerprint density at radius 2 is 2.11 bits per heavy atom. The first-order valence-corrected chi connectivity index (χ1v) is 5.25. The number of rotatable bonds is 2. The molecule has 1 fully saturated rings. The van der Waals surface area contributed by atoms with Crippen LogP contribution in [0.15, 0.2) is 0 Å². The number of hydrogen-bond acceptors (Lipinski definition) is 4. The van der Waals surface area contributed by atoms with Gasteiger partial charge in [-0.1, -0.05) is 0 Å². The van der Waals surface area contributed by atoms with Gasteiger partial charge < -0.3 is 4.52 Å². The fourth-order valence-corrected chi connectivity index (χ4v) is 2.15. The first-order chi connectivity index (χ1) is 4.12. The van der Waals surface area contributed by atoms with Gasteiger partial charge in [-0.3, -0.25) is 9.05 Å². The van der Waals surface area contributed by atoms with Crippen molar-refractivity contribution in [2.24, 2.45) is 0 Å². The Hall–Kier alpha value is 0.530. The summed E-state index contributed by atoms with van der Waals surface area (Å²) in [7, 11) is 0. The molecule has 54 valence electrons. The molecular formula is C4H9O3PS. The molecule has 0 amide bonds. The maximum atomic E-state index is 5.16. The maximum Gasteiger partial charge on any atom is 0.331 e. The average molecular weight is 168 g/mol. The molecule has 0 aromatic rings. The monoisotopic (exact) mass is 168 g/mol. The van der Waals surface area contributed by atoms with Gasteiger partial charge >= 0.3 is 6.72 Å². The Morgan fingerprint density at radius 1 is 1.56 bits per heavy atom. The van der Waals surface area contributed by atoms with Gasteiger partial charge in [0.25, 0.3) is 0 Å². The molecule has 3 nitrogen and oxygen atoms in total. The topological polar surface area (TPSA) is 27.7 Å². The molecule has 1 rings (SSSR count). The fourth-order valence-electron chi connectivity index (χ4n) is 0.458.